The molecule has 1 atom stereocenters. The van der Waals surface area contributed by atoms with Gasteiger partial charge >= 0.3 is 5.97 Å². The molecule has 5 heteroatoms. The van der Waals surface area contributed by atoms with E-state index < -0.39 is 5.97 Å². The monoisotopic (exact) mass is 301 g/mol. The van der Waals surface area contributed by atoms with Gasteiger partial charge < -0.3 is 10.0 Å². The summed E-state index contributed by atoms with van der Waals surface area (Å²) in [4.78, 5) is 24.9. The maximum atomic E-state index is 12.2. The Morgan fingerprint density at radius 1 is 1.20 bits per heavy atom. The van der Waals surface area contributed by atoms with E-state index in [2.05, 4.69) is 6.92 Å². The summed E-state index contributed by atoms with van der Waals surface area (Å²) in [5.74, 6) is 1.02. The first-order valence-electron chi connectivity index (χ1n) is 7.74. The van der Waals surface area contributed by atoms with Crippen LogP contribution in [0.4, 0.5) is 0 Å². The Labute approximate surface area is 126 Å². The highest BCUT2D eigenvalue weighted by atomic mass is 32.2. The van der Waals surface area contributed by atoms with Gasteiger partial charge in [-0.05, 0) is 6.42 Å². The number of nitrogens with zero attached hydrogens (tertiary/aromatic N) is 1. The van der Waals surface area contributed by atoms with Crippen molar-refractivity contribution in [3.05, 3.63) is 0 Å². The van der Waals surface area contributed by atoms with Crippen molar-refractivity contribution in [2.24, 2.45) is 0 Å². The van der Waals surface area contributed by atoms with Crippen molar-refractivity contribution in [3.8, 4) is 0 Å². The van der Waals surface area contributed by atoms with Crippen molar-refractivity contribution in [1.29, 1.82) is 0 Å². The van der Waals surface area contributed by atoms with Crippen molar-refractivity contribution in [2.45, 2.75) is 64.3 Å². The Kier molecular flexibility index (Phi) is 8.74. The minimum atomic E-state index is -0.810. The molecule has 1 heterocycles. The quantitative estimate of drug-likeness (QED) is 0.665. The normalized spacial score (nSPS) is 19.1. The molecule has 1 saturated heterocycles. The first-order valence-corrected chi connectivity index (χ1v) is 8.89. The zero-order chi connectivity index (χ0) is 14.8. The molecule has 0 aromatic carbocycles. The lowest BCUT2D eigenvalue weighted by Gasteiger charge is -2.34. The Bertz CT molecular complexity index is 309. The van der Waals surface area contributed by atoms with Crippen LogP contribution in [0.5, 0.6) is 0 Å². The molecule has 4 nitrogen and oxygen atoms in total. The zero-order valence-corrected chi connectivity index (χ0v) is 13.3. The molecule has 1 aliphatic heterocycles. The first kappa shape index (κ1) is 17.3. The molecule has 0 bridgehead atoms. The van der Waals surface area contributed by atoms with Gasteiger partial charge in [0.25, 0.3) is 0 Å². The van der Waals surface area contributed by atoms with Crippen molar-refractivity contribution < 1.29 is 14.7 Å². The highest BCUT2D eigenvalue weighted by Crippen LogP contribution is 2.20. The summed E-state index contributed by atoms with van der Waals surface area (Å²) in [5, 5.41) is 8.91. The summed E-state index contributed by atoms with van der Waals surface area (Å²) in [7, 11) is 0. The summed E-state index contributed by atoms with van der Waals surface area (Å²) in [6.07, 6.45) is 7.67. The molecule has 0 aromatic heterocycles. The Balaban J connectivity index is 2.26. The predicted molar refractivity (Wildman–Crippen MR) is 83.1 cm³/mol. The van der Waals surface area contributed by atoms with Crippen molar-refractivity contribution in [2.75, 3.05) is 18.1 Å². The molecule has 1 amide bonds. The molecule has 0 aromatic rings. The van der Waals surface area contributed by atoms with Gasteiger partial charge in [-0.25, -0.2) is 0 Å². The van der Waals surface area contributed by atoms with Gasteiger partial charge in [-0.2, -0.15) is 11.8 Å². The number of hydrogen-bond donors (Lipinski definition) is 1. The van der Waals surface area contributed by atoms with Crippen LogP contribution in [0.15, 0.2) is 0 Å². The third kappa shape index (κ3) is 6.64. The number of carboxylic acid groups (broad SMARTS) is 1. The number of rotatable bonds is 9. The van der Waals surface area contributed by atoms with Crippen LogP contribution in [0.3, 0.4) is 0 Å². The number of aliphatic carboxylic acids is 1. The summed E-state index contributed by atoms with van der Waals surface area (Å²) >= 11 is 1.75. The van der Waals surface area contributed by atoms with E-state index in [0.29, 0.717) is 13.0 Å². The second-order valence-corrected chi connectivity index (χ2v) is 6.58. The molecule has 1 aliphatic rings. The summed E-state index contributed by atoms with van der Waals surface area (Å²) in [6.45, 7) is 2.90. The third-order valence-corrected chi connectivity index (χ3v) is 4.79. The molecule has 0 saturated carbocycles. The summed E-state index contributed by atoms with van der Waals surface area (Å²) in [6, 6.07) is -0.112. The van der Waals surface area contributed by atoms with Crippen LogP contribution >= 0.6 is 11.8 Å². The average molecular weight is 301 g/mol. The molecule has 0 aliphatic carbocycles. The molecule has 1 N–H and O–H groups in total. The van der Waals surface area contributed by atoms with Gasteiger partial charge in [0, 0.05) is 24.5 Å². The van der Waals surface area contributed by atoms with E-state index in [4.69, 9.17) is 5.11 Å². The van der Waals surface area contributed by atoms with E-state index in [1.165, 1.54) is 25.7 Å². The minimum absolute atomic E-state index is 0.0786. The lowest BCUT2D eigenvalue weighted by molar-refractivity contribution is -0.140. The van der Waals surface area contributed by atoms with Gasteiger partial charge in [-0.15, -0.1) is 0 Å². The second kappa shape index (κ2) is 10.1. The number of carboxylic acids is 1. The van der Waals surface area contributed by atoms with Crippen LogP contribution in [-0.4, -0.2) is 46.0 Å². The van der Waals surface area contributed by atoms with Crippen LogP contribution in [0.25, 0.3) is 0 Å². The highest BCUT2D eigenvalue weighted by Gasteiger charge is 2.28. The van der Waals surface area contributed by atoms with E-state index in [1.54, 1.807) is 16.7 Å². The maximum Gasteiger partial charge on any atom is 0.305 e. The summed E-state index contributed by atoms with van der Waals surface area (Å²) in [5.41, 5.74) is 0. The van der Waals surface area contributed by atoms with E-state index in [9.17, 15) is 9.59 Å². The summed E-state index contributed by atoms with van der Waals surface area (Å²) < 4.78 is 0. The fourth-order valence-corrected chi connectivity index (χ4v) is 3.62. The van der Waals surface area contributed by atoms with Gasteiger partial charge in [0.15, 0.2) is 0 Å². The average Bonchev–Trinajstić information content (AvgIpc) is 2.42. The Morgan fingerprint density at radius 2 is 1.90 bits per heavy atom. The SMILES string of the molecule is CCCCCCCCC(=O)N1CCSCC1CC(=O)O. The number of amides is 1. The number of hydrogen-bond acceptors (Lipinski definition) is 3. The molecule has 20 heavy (non-hydrogen) atoms. The minimum Gasteiger partial charge on any atom is -0.481 e. The van der Waals surface area contributed by atoms with Crippen LogP contribution in [0, 0.1) is 0 Å². The molecular formula is C15H27NO3S. The van der Waals surface area contributed by atoms with Crippen molar-refractivity contribution in [1.82, 2.24) is 4.90 Å². The van der Waals surface area contributed by atoms with Crippen LogP contribution in [0.1, 0.15) is 58.3 Å². The molecule has 0 spiro atoms. The smallest absolute Gasteiger partial charge is 0.305 e. The number of carbonyl (C=O) groups is 2. The molecular weight excluding hydrogens is 274 g/mol. The highest BCUT2D eigenvalue weighted by molar-refractivity contribution is 7.99. The van der Waals surface area contributed by atoms with Crippen molar-refractivity contribution >= 4 is 23.6 Å². The first-order chi connectivity index (χ1) is 9.65. The second-order valence-electron chi connectivity index (χ2n) is 5.43. The standard InChI is InChI=1S/C15H27NO3S/c1-2-3-4-5-6-7-8-14(17)16-9-10-20-12-13(16)11-15(18)19/h13H,2-12H2,1H3,(H,18,19). The van der Waals surface area contributed by atoms with E-state index in [0.717, 1.165) is 24.3 Å². The molecule has 1 rings (SSSR count). The van der Waals surface area contributed by atoms with Gasteiger partial charge in [0.1, 0.15) is 0 Å². The topological polar surface area (TPSA) is 57.6 Å². The van der Waals surface area contributed by atoms with Crippen LogP contribution in [-0.2, 0) is 9.59 Å². The van der Waals surface area contributed by atoms with Crippen LogP contribution in [0.2, 0.25) is 0 Å². The third-order valence-electron chi connectivity index (χ3n) is 3.70. The van der Waals surface area contributed by atoms with Gasteiger partial charge in [0.2, 0.25) is 5.91 Å². The molecule has 1 fully saturated rings. The van der Waals surface area contributed by atoms with Crippen molar-refractivity contribution in [3.63, 3.8) is 0 Å². The van der Waals surface area contributed by atoms with Gasteiger partial charge in [-0.3, -0.25) is 9.59 Å². The van der Waals surface area contributed by atoms with Gasteiger partial charge in [-0.1, -0.05) is 39.0 Å². The lowest BCUT2D eigenvalue weighted by atomic mass is 10.1. The van der Waals surface area contributed by atoms with E-state index in [-0.39, 0.29) is 18.4 Å². The lowest BCUT2D eigenvalue weighted by Crippen LogP contribution is -2.47. The van der Waals surface area contributed by atoms with Crippen LogP contribution < -0.4 is 0 Å². The Hall–Kier alpha value is -0.710. The molecule has 0 radical (unpaired) electrons. The van der Waals surface area contributed by atoms with Gasteiger partial charge in [0.05, 0.1) is 12.5 Å². The van der Waals surface area contributed by atoms with E-state index >= 15 is 0 Å². The predicted octanol–water partition coefficient (Wildman–Crippen LogP) is 3.16. The molecule has 116 valence electrons. The zero-order valence-electron chi connectivity index (χ0n) is 12.5. The number of thioether (sulfide) groups is 1. The Morgan fingerprint density at radius 3 is 2.60 bits per heavy atom. The number of carbonyl (C=O) groups excluding carboxylic acids is 1. The number of unbranched alkanes of at least 4 members (excludes halogenated alkanes) is 5. The fraction of sp³-hybridized carbons (Fsp3) is 0.867. The molecule has 1 unspecified atom stereocenters. The fourth-order valence-electron chi connectivity index (χ4n) is 2.55. The largest absolute Gasteiger partial charge is 0.481 e. The maximum absolute atomic E-state index is 12.2. The van der Waals surface area contributed by atoms with E-state index in [1.807, 2.05) is 0 Å².